The van der Waals surface area contributed by atoms with Gasteiger partial charge in [0.25, 0.3) is 0 Å². The Kier molecular flexibility index (Phi) is 5.42. The molecule has 3 aliphatic rings. The maximum atomic E-state index is 10.3. The Bertz CT molecular complexity index is 493. The lowest BCUT2D eigenvalue weighted by molar-refractivity contribution is -0.101. The molecule has 0 spiro atoms. The summed E-state index contributed by atoms with van der Waals surface area (Å²) in [6.07, 6.45) is 8.95. The number of allylic oxidation sites excluding steroid dienone is 2. The molecule has 0 aromatic heterocycles. The highest BCUT2D eigenvalue weighted by Gasteiger charge is 2.55. The quantitative estimate of drug-likeness (QED) is 0.406. The van der Waals surface area contributed by atoms with E-state index in [9.17, 15) is 10.2 Å². The lowest BCUT2D eigenvalue weighted by Gasteiger charge is -2.56. The lowest BCUT2D eigenvalue weighted by atomic mass is 9.49. The molecule has 0 aliphatic heterocycles. The van der Waals surface area contributed by atoms with Crippen molar-refractivity contribution in [1.82, 2.24) is 0 Å². The average molecular weight is 355 g/mol. The maximum absolute atomic E-state index is 10.3. The van der Waals surface area contributed by atoms with Crippen LogP contribution in [0.25, 0.3) is 0 Å². The smallest absolute Gasteiger partial charge is 0.0723 e. The maximum Gasteiger partial charge on any atom is 0.0723 e. The van der Waals surface area contributed by atoms with E-state index in [0.29, 0.717) is 17.8 Å². The molecule has 0 aromatic rings. The van der Waals surface area contributed by atoms with Gasteiger partial charge in [-0.15, -0.1) is 0 Å². The van der Waals surface area contributed by atoms with E-state index in [1.54, 1.807) is 0 Å². The third kappa shape index (κ3) is 2.78. The van der Waals surface area contributed by atoms with Crippen LogP contribution in [0.2, 0.25) is 0 Å². The molecule has 0 amide bonds. The van der Waals surface area contributed by atoms with Crippen molar-refractivity contribution in [3.8, 4) is 0 Å². The fourth-order valence-electron chi connectivity index (χ4n) is 6.39. The third-order valence-electron chi connectivity index (χ3n) is 8.32. The second kappa shape index (κ2) is 6.94. The molecular weight excluding hydrogens is 320 g/mol. The first-order valence-corrected chi connectivity index (χ1v) is 9.96. The van der Waals surface area contributed by atoms with Crippen molar-refractivity contribution in [1.29, 1.82) is 0 Å². The van der Waals surface area contributed by atoms with Crippen LogP contribution in [-0.4, -0.2) is 29.5 Å². The zero-order chi connectivity index (χ0) is 17.5. The minimum Gasteiger partial charge on any atom is -0.396 e. The van der Waals surface area contributed by atoms with Crippen LogP contribution in [0.15, 0.2) is 11.6 Å². The molecule has 0 bridgehead atoms. The SMILES string of the molecule is CC1=CC[C@H]2[C@H](CO)[C@@H]([C@@]3(C)CC[C@H](OS)C[C@@H]3CO)CC[C@]12C. The topological polar surface area (TPSA) is 49.7 Å². The summed E-state index contributed by atoms with van der Waals surface area (Å²) in [5.41, 5.74) is 1.86. The zero-order valence-corrected chi connectivity index (χ0v) is 16.3. The summed E-state index contributed by atoms with van der Waals surface area (Å²) in [5.74, 6) is 1.61. The second-order valence-electron chi connectivity index (χ2n) is 9.03. The molecule has 4 heteroatoms. The fraction of sp³-hybridized carbons (Fsp3) is 0.900. The van der Waals surface area contributed by atoms with Crippen molar-refractivity contribution in [2.45, 2.75) is 65.4 Å². The minimum absolute atomic E-state index is 0.0861. The highest BCUT2D eigenvalue weighted by atomic mass is 32.1. The van der Waals surface area contributed by atoms with Gasteiger partial charge in [0.15, 0.2) is 0 Å². The molecule has 3 aliphatic carbocycles. The number of thiol groups is 1. The molecule has 0 heterocycles. The molecule has 0 aromatic carbocycles. The van der Waals surface area contributed by atoms with Crippen LogP contribution in [0.4, 0.5) is 0 Å². The molecule has 2 saturated carbocycles. The van der Waals surface area contributed by atoms with Gasteiger partial charge in [-0.3, -0.25) is 0 Å². The Morgan fingerprint density at radius 2 is 1.92 bits per heavy atom. The Morgan fingerprint density at radius 1 is 1.17 bits per heavy atom. The Labute approximate surface area is 152 Å². The van der Waals surface area contributed by atoms with Gasteiger partial charge in [0.1, 0.15) is 0 Å². The van der Waals surface area contributed by atoms with Crippen LogP contribution in [0.1, 0.15) is 59.3 Å². The number of aliphatic hydroxyl groups is 2. The molecule has 2 N–H and O–H groups in total. The second-order valence-corrected chi connectivity index (χ2v) is 9.24. The minimum atomic E-state index is 0.0861. The van der Waals surface area contributed by atoms with Gasteiger partial charge in [-0.25, -0.2) is 0 Å². The number of hydrogen-bond donors (Lipinski definition) is 3. The summed E-state index contributed by atoms with van der Waals surface area (Å²) in [6, 6.07) is 0. The first-order valence-electron chi connectivity index (χ1n) is 9.60. The highest BCUT2D eigenvalue weighted by Crippen LogP contribution is 2.62. The van der Waals surface area contributed by atoms with Crippen LogP contribution in [0.3, 0.4) is 0 Å². The molecule has 0 unspecified atom stereocenters. The number of rotatable bonds is 4. The average Bonchev–Trinajstić information content (AvgIpc) is 2.89. The summed E-state index contributed by atoms with van der Waals surface area (Å²) in [6.45, 7) is 7.49. The molecule has 138 valence electrons. The molecule has 2 fully saturated rings. The van der Waals surface area contributed by atoms with Crippen molar-refractivity contribution < 1.29 is 14.4 Å². The number of fused-ring (bicyclic) bond motifs is 1. The summed E-state index contributed by atoms with van der Waals surface area (Å²) < 4.78 is 5.28. The van der Waals surface area contributed by atoms with Gasteiger partial charge in [0.2, 0.25) is 0 Å². The molecule has 7 atom stereocenters. The first-order chi connectivity index (χ1) is 11.4. The van der Waals surface area contributed by atoms with Gasteiger partial charge in [0.05, 0.1) is 6.10 Å². The van der Waals surface area contributed by atoms with E-state index in [0.717, 1.165) is 32.1 Å². The van der Waals surface area contributed by atoms with Gasteiger partial charge in [-0.05, 0) is 92.9 Å². The normalized spacial score (nSPS) is 48.9. The van der Waals surface area contributed by atoms with E-state index < -0.39 is 0 Å². The monoisotopic (exact) mass is 354 g/mol. The van der Waals surface area contributed by atoms with Crippen molar-refractivity contribution in [2.75, 3.05) is 13.2 Å². The Hall–Kier alpha value is -0.0300. The molecular formula is C20H34O3S. The van der Waals surface area contributed by atoms with Crippen LogP contribution in [0, 0.1) is 34.5 Å². The van der Waals surface area contributed by atoms with Crippen molar-refractivity contribution >= 4 is 12.9 Å². The summed E-state index contributed by atoms with van der Waals surface area (Å²) in [4.78, 5) is 0. The molecule has 0 radical (unpaired) electrons. The van der Waals surface area contributed by atoms with Crippen molar-refractivity contribution in [3.63, 3.8) is 0 Å². The van der Waals surface area contributed by atoms with Crippen molar-refractivity contribution in [3.05, 3.63) is 11.6 Å². The van der Waals surface area contributed by atoms with E-state index in [1.165, 1.54) is 12.0 Å². The van der Waals surface area contributed by atoms with E-state index in [2.05, 4.69) is 39.8 Å². The lowest BCUT2D eigenvalue weighted by Crippen LogP contribution is -2.52. The Balaban J connectivity index is 1.86. The summed E-state index contributed by atoms with van der Waals surface area (Å²) in [5, 5.41) is 20.3. The Morgan fingerprint density at radius 3 is 2.54 bits per heavy atom. The highest BCUT2D eigenvalue weighted by molar-refractivity contribution is 7.75. The fourth-order valence-corrected chi connectivity index (χ4v) is 6.58. The summed E-state index contributed by atoms with van der Waals surface area (Å²) in [7, 11) is 0. The largest absolute Gasteiger partial charge is 0.396 e. The van der Waals surface area contributed by atoms with Crippen molar-refractivity contribution in [2.24, 2.45) is 34.5 Å². The molecule has 24 heavy (non-hydrogen) atoms. The standard InChI is InChI=1S/C20H34O3S/c1-13-4-5-17-16(12-22)18(7-9-19(13,17)2)20(3)8-6-15(23-24)10-14(20)11-21/h4,14-18,21-22,24H,5-12H2,1-3H3/t14-,15+,16+,17+,18+,19-,20+/m1/s1. The van der Waals surface area contributed by atoms with Gasteiger partial charge in [-0.2, -0.15) is 0 Å². The van der Waals surface area contributed by atoms with Gasteiger partial charge in [0, 0.05) is 13.2 Å². The van der Waals surface area contributed by atoms with Gasteiger partial charge < -0.3 is 14.4 Å². The van der Waals surface area contributed by atoms with Crippen LogP contribution in [0.5, 0.6) is 0 Å². The summed E-state index contributed by atoms with van der Waals surface area (Å²) >= 11 is 4.00. The molecule has 3 nitrogen and oxygen atoms in total. The van der Waals surface area contributed by atoms with Crippen LogP contribution < -0.4 is 0 Å². The predicted molar refractivity (Wildman–Crippen MR) is 99.7 cm³/mol. The third-order valence-corrected chi connectivity index (χ3v) is 8.62. The number of hydrogen-bond acceptors (Lipinski definition) is 4. The molecule has 0 saturated heterocycles. The predicted octanol–water partition coefficient (Wildman–Crippen LogP) is 4.01. The number of aliphatic hydroxyl groups excluding tert-OH is 2. The molecule has 3 rings (SSSR count). The van der Waals surface area contributed by atoms with E-state index >= 15 is 0 Å². The van der Waals surface area contributed by atoms with Crippen LogP contribution >= 0.6 is 12.9 Å². The van der Waals surface area contributed by atoms with E-state index in [1.807, 2.05) is 0 Å². The zero-order valence-electron chi connectivity index (χ0n) is 15.4. The van der Waals surface area contributed by atoms with Gasteiger partial charge >= 0.3 is 0 Å². The van der Waals surface area contributed by atoms with E-state index in [-0.39, 0.29) is 36.1 Å². The van der Waals surface area contributed by atoms with E-state index in [4.69, 9.17) is 4.18 Å². The van der Waals surface area contributed by atoms with Crippen LogP contribution in [-0.2, 0) is 4.18 Å². The first kappa shape index (κ1) is 18.8. The van der Waals surface area contributed by atoms with Gasteiger partial charge in [-0.1, -0.05) is 25.5 Å².